The minimum atomic E-state index is -4.54. The molecular weight excluding hydrogens is 518 g/mol. The molecule has 0 saturated heterocycles. The van der Waals surface area contributed by atoms with Crippen molar-refractivity contribution in [2.75, 3.05) is 6.61 Å². The molecule has 0 fully saturated rings. The van der Waals surface area contributed by atoms with E-state index in [-0.39, 0.29) is 30.3 Å². The number of ether oxygens (including phenoxy) is 2. The number of aromatic nitrogens is 2. The van der Waals surface area contributed by atoms with E-state index in [2.05, 4.69) is 31.9 Å². The number of pyridine rings is 2. The molecule has 0 radical (unpaired) electrons. The summed E-state index contributed by atoms with van der Waals surface area (Å²) < 4.78 is 87.3. The Hall–Kier alpha value is -4.18. The lowest BCUT2D eigenvalue weighted by molar-refractivity contribution is -0.0528. The Balaban J connectivity index is 1.48. The van der Waals surface area contributed by atoms with Crippen molar-refractivity contribution < 1.29 is 40.2 Å². The molecule has 1 aromatic carbocycles. The number of benzene rings is 1. The Bertz CT molecular complexity index is 1510. The number of fused-ring (bicyclic) bond motifs is 1. The molecule has 4 rings (SSSR count). The van der Waals surface area contributed by atoms with E-state index in [4.69, 9.17) is 4.74 Å². The quantitative estimate of drug-likeness (QED) is 0.394. The molecule has 1 aliphatic rings. The van der Waals surface area contributed by atoms with E-state index in [1.165, 1.54) is 30.5 Å². The summed E-state index contributed by atoms with van der Waals surface area (Å²) in [5, 5.41) is 2.48. The number of carbonyl (C=O) groups is 1. The van der Waals surface area contributed by atoms with Gasteiger partial charge in [0.25, 0.3) is 5.91 Å². The van der Waals surface area contributed by atoms with Crippen LogP contribution in [0.4, 0.5) is 17.6 Å². The molecule has 0 saturated carbocycles. The van der Waals surface area contributed by atoms with Gasteiger partial charge in [-0.25, -0.2) is 22.2 Å². The van der Waals surface area contributed by atoms with Gasteiger partial charge in [-0.05, 0) is 36.3 Å². The zero-order chi connectivity index (χ0) is 26.6. The summed E-state index contributed by atoms with van der Waals surface area (Å²) in [7, 11) is -4.54. The molecule has 1 aliphatic heterocycles. The SMILES string of the molecule is O=C(NCc1cc(C#Cc2cccc(OC(F)F)n2)ccn1)c1cc(F)c2c(c1)S(=O)(=O)[C@@H](F)CCO2. The average Bonchev–Trinajstić information content (AvgIpc) is 2.97. The number of alkyl halides is 3. The molecule has 1 atom stereocenters. The molecule has 13 heteroatoms. The Kier molecular flexibility index (Phi) is 7.58. The van der Waals surface area contributed by atoms with Gasteiger partial charge in [0, 0.05) is 29.8 Å². The van der Waals surface area contributed by atoms with Crippen LogP contribution >= 0.6 is 0 Å². The van der Waals surface area contributed by atoms with Crippen LogP contribution in [0.1, 0.15) is 33.7 Å². The molecule has 37 heavy (non-hydrogen) atoms. The van der Waals surface area contributed by atoms with Crippen LogP contribution < -0.4 is 14.8 Å². The average molecular weight is 535 g/mol. The third-order valence-corrected chi connectivity index (χ3v) is 6.85. The van der Waals surface area contributed by atoms with Crippen molar-refractivity contribution in [3.8, 4) is 23.5 Å². The van der Waals surface area contributed by atoms with E-state index in [1.807, 2.05) is 0 Å². The predicted octanol–water partition coefficient (Wildman–Crippen LogP) is 3.40. The van der Waals surface area contributed by atoms with Crippen molar-refractivity contribution in [3.05, 3.63) is 77.0 Å². The zero-order valence-corrected chi connectivity index (χ0v) is 19.6. The zero-order valence-electron chi connectivity index (χ0n) is 18.8. The molecule has 8 nitrogen and oxygen atoms in total. The van der Waals surface area contributed by atoms with Crippen molar-refractivity contribution in [2.24, 2.45) is 0 Å². The second-order valence-electron chi connectivity index (χ2n) is 7.59. The first-order valence-corrected chi connectivity index (χ1v) is 12.2. The van der Waals surface area contributed by atoms with Crippen LogP contribution in [0.15, 0.2) is 53.6 Å². The number of hydrogen-bond acceptors (Lipinski definition) is 7. The molecule has 1 amide bonds. The van der Waals surface area contributed by atoms with Crippen molar-refractivity contribution >= 4 is 15.7 Å². The van der Waals surface area contributed by atoms with Gasteiger partial charge in [-0.1, -0.05) is 12.0 Å². The van der Waals surface area contributed by atoms with Gasteiger partial charge in [-0.15, -0.1) is 0 Å². The summed E-state index contributed by atoms with van der Waals surface area (Å²) >= 11 is 0. The van der Waals surface area contributed by atoms with Crippen molar-refractivity contribution in [1.82, 2.24) is 15.3 Å². The molecule has 0 aliphatic carbocycles. The highest BCUT2D eigenvalue weighted by Gasteiger charge is 2.35. The third-order valence-electron chi connectivity index (χ3n) is 5.02. The molecule has 0 unspecified atom stereocenters. The van der Waals surface area contributed by atoms with Gasteiger partial charge in [0.15, 0.2) is 11.6 Å². The predicted molar refractivity (Wildman–Crippen MR) is 121 cm³/mol. The Morgan fingerprint density at radius 3 is 2.81 bits per heavy atom. The lowest BCUT2D eigenvalue weighted by atomic mass is 10.2. The number of amides is 1. The van der Waals surface area contributed by atoms with E-state index >= 15 is 0 Å². The van der Waals surface area contributed by atoms with Gasteiger partial charge in [-0.2, -0.15) is 8.78 Å². The summed E-state index contributed by atoms with van der Waals surface area (Å²) in [4.78, 5) is 19.8. The van der Waals surface area contributed by atoms with Gasteiger partial charge in [-0.3, -0.25) is 9.78 Å². The van der Waals surface area contributed by atoms with Gasteiger partial charge >= 0.3 is 6.61 Å². The summed E-state index contributed by atoms with van der Waals surface area (Å²) in [6.45, 7) is -3.47. The molecule has 3 aromatic rings. The van der Waals surface area contributed by atoms with Crippen LogP contribution in [-0.4, -0.2) is 43.0 Å². The van der Waals surface area contributed by atoms with Crippen LogP contribution in [0.3, 0.4) is 0 Å². The number of sulfone groups is 1. The highest BCUT2D eigenvalue weighted by molar-refractivity contribution is 7.92. The van der Waals surface area contributed by atoms with E-state index < -0.39 is 50.7 Å². The molecule has 2 aromatic heterocycles. The minimum absolute atomic E-state index is 0.127. The maximum atomic E-state index is 14.5. The number of nitrogens with one attached hydrogen (secondary N) is 1. The van der Waals surface area contributed by atoms with Crippen LogP contribution in [0.5, 0.6) is 11.6 Å². The number of rotatable bonds is 5. The third kappa shape index (κ3) is 6.15. The van der Waals surface area contributed by atoms with Crippen LogP contribution in [0.25, 0.3) is 0 Å². The first kappa shape index (κ1) is 25.9. The fraction of sp³-hybridized carbons (Fsp3) is 0.208. The van der Waals surface area contributed by atoms with Crippen molar-refractivity contribution in [3.63, 3.8) is 0 Å². The highest BCUT2D eigenvalue weighted by Crippen LogP contribution is 2.35. The lowest BCUT2D eigenvalue weighted by Gasteiger charge is -2.11. The number of halogens is 4. The molecule has 0 bridgehead atoms. The minimum Gasteiger partial charge on any atom is -0.489 e. The van der Waals surface area contributed by atoms with Crippen LogP contribution in [0.2, 0.25) is 0 Å². The van der Waals surface area contributed by atoms with Crippen molar-refractivity contribution in [1.29, 1.82) is 0 Å². The fourth-order valence-electron chi connectivity index (χ4n) is 3.30. The lowest BCUT2D eigenvalue weighted by Crippen LogP contribution is -2.24. The summed E-state index contributed by atoms with van der Waals surface area (Å²) in [5.41, 5.74) is -1.61. The molecule has 0 spiro atoms. The van der Waals surface area contributed by atoms with Gasteiger partial charge in [0.05, 0.1) is 18.8 Å². The van der Waals surface area contributed by atoms with Gasteiger partial charge in [0.1, 0.15) is 10.6 Å². The van der Waals surface area contributed by atoms with E-state index in [9.17, 15) is 30.8 Å². The monoisotopic (exact) mass is 535 g/mol. The van der Waals surface area contributed by atoms with E-state index in [0.717, 1.165) is 12.1 Å². The van der Waals surface area contributed by atoms with Gasteiger partial charge in [0.2, 0.25) is 21.2 Å². The molecular formula is C24H17F4N3O5S. The Labute approximate surface area is 208 Å². The number of carbonyl (C=O) groups excluding carboxylic acids is 1. The molecule has 1 N–H and O–H groups in total. The van der Waals surface area contributed by atoms with E-state index in [1.54, 1.807) is 6.07 Å². The smallest absolute Gasteiger partial charge is 0.388 e. The van der Waals surface area contributed by atoms with Crippen LogP contribution in [0, 0.1) is 17.7 Å². The summed E-state index contributed by atoms with van der Waals surface area (Å²) in [6, 6.07) is 9.00. The topological polar surface area (TPSA) is 107 Å². The number of nitrogens with zero attached hydrogens (tertiary/aromatic N) is 2. The molecule has 3 heterocycles. The standard InChI is InChI=1S/C24H17F4N3O5S/c25-18-11-15(12-19-22(18)35-9-7-20(26)37(19,33)34)23(32)30-13-17-10-14(6-8-29-17)4-5-16-2-1-3-21(31-16)36-24(27)28/h1-3,6,8,10-12,20,24H,7,9,13H2,(H,30,32)/t20-/m1/s1. The van der Waals surface area contributed by atoms with Crippen LogP contribution in [-0.2, 0) is 16.4 Å². The summed E-state index contributed by atoms with van der Waals surface area (Å²) in [5.74, 6) is 2.66. The highest BCUT2D eigenvalue weighted by atomic mass is 32.2. The fourth-order valence-corrected chi connectivity index (χ4v) is 4.69. The second-order valence-corrected chi connectivity index (χ2v) is 9.63. The normalized spacial score (nSPS) is 16.0. The maximum Gasteiger partial charge on any atom is 0.388 e. The van der Waals surface area contributed by atoms with Gasteiger partial charge < -0.3 is 14.8 Å². The van der Waals surface area contributed by atoms with E-state index in [0.29, 0.717) is 11.3 Å². The Morgan fingerprint density at radius 2 is 2.03 bits per heavy atom. The summed E-state index contributed by atoms with van der Waals surface area (Å²) in [6.07, 6.45) is 0.955. The molecule has 192 valence electrons. The number of hydrogen-bond donors (Lipinski definition) is 1. The first-order chi connectivity index (χ1) is 17.6. The Morgan fingerprint density at radius 1 is 1.22 bits per heavy atom. The first-order valence-electron chi connectivity index (χ1n) is 10.6. The van der Waals surface area contributed by atoms with Crippen molar-refractivity contribution in [2.45, 2.75) is 30.0 Å². The maximum absolute atomic E-state index is 14.5. The largest absolute Gasteiger partial charge is 0.489 e. The second kappa shape index (κ2) is 10.8.